The van der Waals surface area contributed by atoms with E-state index in [9.17, 15) is 4.79 Å². The molecule has 0 radical (unpaired) electrons. The maximum absolute atomic E-state index is 11.2. The number of anilines is 2. The summed E-state index contributed by atoms with van der Waals surface area (Å²) >= 11 is 0. The third-order valence-electron chi connectivity index (χ3n) is 4.14. The average Bonchev–Trinajstić information content (AvgIpc) is 3.02. The van der Waals surface area contributed by atoms with Gasteiger partial charge in [0, 0.05) is 31.4 Å². The van der Waals surface area contributed by atoms with Gasteiger partial charge in [0.2, 0.25) is 5.91 Å². The van der Waals surface area contributed by atoms with Crippen LogP contribution >= 0.6 is 0 Å². The lowest BCUT2D eigenvalue weighted by Gasteiger charge is -2.22. The minimum absolute atomic E-state index is 0.0670. The Kier molecular flexibility index (Phi) is 5.33. The van der Waals surface area contributed by atoms with E-state index >= 15 is 0 Å². The van der Waals surface area contributed by atoms with Crippen molar-refractivity contribution in [2.75, 3.05) is 23.3 Å². The molecule has 0 atom stereocenters. The van der Waals surface area contributed by atoms with Crippen LogP contribution in [0.15, 0.2) is 53.5 Å². The minimum Gasteiger partial charge on any atom is -0.356 e. The topological polar surface area (TPSA) is 56.7 Å². The van der Waals surface area contributed by atoms with E-state index in [1.54, 1.807) is 0 Å². The van der Waals surface area contributed by atoms with Gasteiger partial charge in [0.15, 0.2) is 5.96 Å². The molecule has 1 amide bonds. The second-order valence-corrected chi connectivity index (χ2v) is 6.08. The van der Waals surface area contributed by atoms with Crippen LogP contribution in [0.3, 0.4) is 0 Å². The highest BCUT2D eigenvalue weighted by Crippen LogP contribution is 2.27. The Labute approximate surface area is 148 Å². The zero-order chi connectivity index (χ0) is 17.6. The standard InChI is InChI=1S/C20H24N4O/c1-3-21-20(24-12-11-17-8-4-5-10-19(17)24)22-14-16-7-6-9-18(13-16)23-15(2)25/h4-10,13H,3,11-12,14H2,1-2H3,(H,21,22)(H,23,25). The predicted molar refractivity (Wildman–Crippen MR) is 103 cm³/mol. The van der Waals surface area contributed by atoms with Gasteiger partial charge in [0.05, 0.1) is 6.54 Å². The Morgan fingerprint density at radius 2 is 2.04 bits per heavy atom. The highest BCUT2D eigenvalue weighted by atomic mass is 16.1. The van der Waals surface area contributed by atoms with Crippen LogP contribution in [0.25, 0.3) is 0 Å². The van der Waals surface area contributed by atoms with Crippen LogP contribution in [0.5, 0.6) is 0 Å². The van der Waals surface area contributed by atoms with Crippen molar-refractivity contribution in [1.82, 2.24) is 5.32 Å². The van der Waals surface area contributed by atoms with Crippen molar-refractivity contribution in [1.29, 1.82) is 0 Å². The molecule has 2 aromatic rings. The number of hydrogen-bond donors (Lipinski definition) is 2. The Hall–Kier alpha value is -2.82. The number of fused-ring (bicyclic) bond motifs is 1. The summed E-state index contributed by atoms with van der Waals surface area (Å²) < 4.78 is 0. The predicted octanol–water partition coefficient (Wildman–Crippen LogP) is 3.17. The molecule has 0 aliphatic carbocycles. The molecule has 0 bridgehead atoms. The molecule has 25 heavy (non-hydrogen) atoms. The number of carbonyl (C=O) groups excluding carboxylic acids is 1. The maximum Gasteiger partial charge on any atom is 0.221 e. The molecule has 0 fully saturated rings. The SMILES string of the molecule is CCNC(=NCc1cccc(NC(C)=O)c1)N1CCc2ccccc21. The summed E-state index contributed by atoms with van der Waals surface area (Å²) in [6.07, 6.45) is 1.04. The molecule has 5 heteroatoms. The third kappa shape index (κ3) is 4.18. The van der Waals surface area contributed by atoms with E-state index in [2.05, 4.69) is 46.7 Å². The molecular weight excluding hydrogens is 312 g/mol. The number of rotatable bonds is 4. The van der Waals surface area contributed by atoms with E-state index in [1.165, 1.54) is 18.2 Å². The van der Waals surface area contributed by atoms with Crippen LogP contribution in [-0.4, -0.2) is 25.0 Å². The number of guanidine groups is 1. The van der Waals surface area contributed by atoms with Gasteiger partial charge in [0.25, 0.3) is 0 Å². The first-order valence-electron chi connectivity index (χ1n) is 8.67. The van der Waals surface area contributed by atoms with Gasteiger partial charge in [-0.1, -0.05) is 30.3 Å². The molecule has 130 valence electrons. The molecule has 0 saturated carbocycles. The van der Waals surface area contributed by atoms with E-state index in [0.29, 0.717) is 6.54 Å². The lowest BCUT2D eigenvalue weighted by atomic mass is 10.2. The Morgan fingerprint density at radius 1 is 1.20 bits per heavy atom. The van der Waals surface area contributed by atoms with Crippen molar-refractivity contribution in [2.24, 2.45) is 4.99 Å². The van der Waals surface area contributed by atoms with Crippen LogP contribution in [0.4, 0.5) is 11.4 Å². The average molecular weight is 336 g/mol. The van der Waals surface area contributed by atoms with Gasteiger partial charge in [-0.2, -0.15) is 0 Å². The van der Waals surface area contributed by atoms with Crippen molar-refractivity contribution >= 4 is 23.2 Å². The van der Waals surface area contributed by atoms with E-state index in [0.717, 1.165) is 36.7 Å². The Bertz CT molecular complexity index is 785. The molecular formula is C20H24N4O. The van der Waals surface area contributed by atoms with E-state index in [1.807, 2.05) is 24.3 Å². The number of para-hydroxylation sites is 1. The van der Waals surface area contributed by atoms with Gasteiger partial charge >= 0.3 is 0 Å². The highest BCUT2D eigenvalue weighted by Gasteiger charge is 2.22. The fourth-order valence-electron chi connectivity index (χ4n) is 3.07. The quantitative estimate of drug-likeness (QED) is 0.666. The molecule has 1 aliphatic heterocycles. The van der Waals surface area contributed by atoms with Crippen molar-refractivity contribution in [3.63, 3.8) is 0 Å². The molecule has 2 N–H and O–H groups in total. The van der Waals surface area contributed by atoms with Crippen LogP contribution in [0.2, 0.25) is 0 Å². The van der Waals surface area contributed by atoms with Crippen LogP contribution < -0.4 is 15.5 Å². The molecule has 0 unspecified atom stereocenters. The number of carbonyl (C=O) groups is 1. The largest absolute Gasteiger partial charge is 0.356 e. The number of aliphatic imine (C=N–C) groups is 1. The summed E-state index contributed by atoms with van der Waals surface area (Å²) in [7, 11) is 0. The number of benzene rings is 2. The normalized spacial score (nSPS) is 13.5. The van der Waals surface area contributed by atoms with Crippen molar-refractivity contribution in [3.05, 3.63) is 59.7 Å². The molecule has 0 aromatic heterocycles. The summed E-state index contributed by atoms with van der Waals surface area (Å²) in [6, 6.07) is 16.3. The first-order chi connectivity index (χ1) is 12.2. The van der Waals surface area contributed by atoms with Gasteiger partial charge in [0.1, 0.15) is 0 Å². The zero-order valence-corrected chi connectivity index (χ0v) is 14.7. The molecule has 5 nitrogen and oxygen atoms in total. The van der Waals surface area contributed by atoms with E-state index < -0.39 is 0 Å². The summed E-state index contributed by atoms with van der Waals surface area (Å²) in [5, 5.41) is 6.20. The molecule has 1 aliphatic rings. The third-order valence-corrected chi connectivity index (χ3v) is 4.14. The van der Waals surface area contributed by atoms with Crippen molar-refractivity contribution < 1.29 is 4.79 Å². The zero-order valence-electron chi connectivity index (χ0n) is 14.7. The van der Waals surface area contributed by atoms with Gasteiger partial charge in [-0.05, 0) is 42.7 Å². The second-order valence-electron chi connectivity index (χ2n) is 6.08. The summed E-state index contributed by atoms with van der Waals surface area (Å²) in [4.78, 5) is 18.3. The summed E-state index contributed by atoms with van der Waals surface area (Å²) in [5.74, 6) is 0.833. The monoisotopic (exact) mass is 336 g/mol. The van der Waals surface area contributed by atoms with Gasteiger partial charge < -0.3 is 15.5 Å². The molecule has 1 heterocycles. The smallest absolute Gasteiger partial charge is 0.221 e. The number of nitrogens with one attached hydrogen (secondary N) is 2. The molecule has 0 saturated heterocycles. The molecule has 3 rings (SSSR count). The second kappa shape index (κ2) is 7.83. The molecule has 0 spiro atoms. The highest BCUT2D eigenvalue weighted by molar-refractivity contribution is 5.98. The fourth-order valence-corrected chi connectivity index (χ4v) is 3.07. The van der Waals surface area contributed by atoms with Crippen molar-refractivity contribution in [3.8, 4) is 0 Å². The lowest BCUT2D eigenvalue weighted by molar-refractivity contribution is -0.114. The number of hydrogen-bond acceptors (Lipinski definition) is 2. The summed E-state index contributed by atoms with van der Waals surface area (Å²) in [5.41, 5.74) is 4.46. The lowest BCUT2D eigenvalue weighted by Crippen LogP contribution is -2.40. The van der Waals surface area contributed by atoms with E-state index in [4.69, 9.17) is 4.99 Å². The van der Waals surface area contributed by atoms with Crippen LogP contribution in [-0.2, 0) is 17.8 Å². The Balaban J connectivity index is 1.79. The van der Waals surface area contributed by atoms with Gasteiger partial charge in [-0.3, -0.25) is 4.79 Å². The first-order valence-corrected chi connectivity index (χ1v) is 8.67. The fraction of sp³-hybridized carbons (Fsp3) is 0.300. The first kappa shape index (κ1) is 17.0. The number of nitrogens with zero attached hydrogens (tertiary/aromatic N) is 2. The minimum atomic E-state index is -0.0670. The van der Waals surface area contributed by atoms with Crippen LogP contribution in [0.1, 0.15) is 25.0 Å². The van der Waals surface area contributed by atoms with Crippen LogP contribution in [0, 0.1) is 0 Å². The van der Waals surface area contributed by atoms with E-state index in [-0.39, 0.29) is 5.91 Å². The van der Waals surface area contributed by atoms with Crippen molar-refractivity contribution in [2.45, 2.75) is 26.8 Å². The summed E-state index contributed by atoms with van der Waals surface area (Å²) in [6.45, 7) is 5.92. The van der Waals surface area contributed by atoms with Gasteiger partial charge in [-0.25, -0.2) is 4.99 Å². The van der Waals surface area contributed by atoms with Gasteiger partial charge in [-0.15, -0.1) is 0 Å². The number of amides is 1. The Morgan fingerprint density at radius 3 is 2.84 bits per heavy atom. The maximum atomic E-state index is 11.2. The molecule has 2 aromatic carbocycles.